The second kappa shape index (κ2) is 9.19. The lowest BCUT2D eigenvalue weighted by atomic mass is 10.1. The fraction of sp³-hybridized carbons (Fsp3) is 0.500. The predicted octanol–water partition coefficient (Wildman–Crippen LogP) is 2.44. The standard InChI is InChI=1S/C14H19Cl2NO3/c1-2-20-14(19)8-12(18)9-17-6-5-10-3-4-11(15)7-13(10)16/h3-4,7,12,17-18H,2,5-6,8-9H2,1H3. The van der Waals surface area contributed by atoms with Gasteiger partial charge >= 0.3 is 5.97 Å². The molecule has 0 saturated carbocycles. The molecule has 1 unspecified atom stereocenters. The van der Waals surface area contributed by atoms with Gasteiger partial charge in [-0.05, 0) is 37.6 Å². The predicted molar refractivity (Wildman–Crippen MR) is 80.3 cm³/mol. The minimum Gasteiger partial charge on any atom is -0.466 e. The Bertz CT molecular complexity index is 440. The molecular weight excluding hydrogens is 301 g/mol. The van der Waals surface area contributed by atoms with Gasteiger partial charge in [-0.2, -0.15) is 0 Å². The van der Waals surface area contributed by atoms with Crippen molar-refractivity contribution in [1.82, 2.24) is 5.32 Å². The molecule has 0 saturated heterocycles. The van der Waals surface area contributed by atoms with Crippen molar-refractivity contribution in [3.63, 3.8) is 0 Å². The van der Waals surface area contributed by atoms with Crippen LogP contribution in [-0.2, 0) is 16.0 Å². The minimum atomic E-state index is -0.741. The number of aliphatic hydroxyl groups is 1. The van der Waals surface area contributed by atoms with E-state index in [0.29, 0.717) is 29.7 Å². The third kappa shape index (κ3) is 6.57. The van der Waals surface area contributed by atoms with Crippen LogP contribution in [0.3, 0.4) is 0 Å². The van der Waals surface area contributed by atoms with Gasteiger partial charge in [-0.3, -0.25) is 4.79 Å². The summed E-state index contributed by atoms with van der Waals surface area (Å²) in [7, 11) is 0. The van der Waals surface area contributed by atoms with Gasteiger partial charge in [0.05, 0.1) is 19.1 Å². The average molecular weight is 320 g/mol. The number of nitrogens with one attached hydrogen (secondary N) is 1. The van der Waals surface area contributed by atoms with E-state index in [1.807, 2.05) is 6.07 Å². The highest BCUT2D eigenvalue weighted by atomic mass is 35.5. The Hall–Kier alpha value is -0.810. The van der Waals surface area contributed by atoms with E-state index in [4.69, 9.17) is 27.9 Å². The second-order valence-corrected chi connectivity index (χ2v) is 5.20. The number of benzene rings is 1. The first-order valence-electron chi connectivity index (χ1n) is 6.51. The molecule has 0 fully saturated rings. The summed E-state index contributed by atoms with van der Waals surface area (Å²) >= 11 is 11.9. The number of hydrogen-bond donors (Lipinski definition) is 2. The summed E-state index contributed by atoms with van der Waals surface area (Å²) in [5, 5.41) is 13.9. The molecule has 0 aliphatic heterocycles. The van der Waals surface area contributed by atoms with Gasteiger partial charge in [-0.25, -0.2) is 0 Å². The number of hydrogen-bond acceptors (Lipinski definition) is 4. The molecule has 1 rings (SSSR count). The minimum absolute atomic E-state index is 0.00252. The monoisotopic (exact) mass is 319 g/mol. The van der Waals surface area contributed by atoms with Gasteiger partial charge < -0.3 is 15.2 Å². The van der Waals surface area contributed by atoms with E-state index in [9.17, 15) is 9.90 Å². The maximum atomic E-state index is 11.1. The number of halogens is 2. The van der Waals surface area contributed by atoms with Gasteiger partial charge in [-0.15, -0.1) is 0 Å². The van der Waals surface area contributed by atoms with E-state index < -0.39 is 6.10 Å². The van der Waals surface area contributed by atoms with Crippen LogP contribution in [0.1, 0.15) is 18.9 Å². The zero-order chi connectivity index (χ0) is 15.0. The summed E-state index contributed by atoms with van der Waals surface area (Å²) < 4.78 is 4.76. The maximum Gasteiger partial charge on any atom is 0.308 e. The summed E-state index contributed by atoms with van der Waals surface area (Å²) in [6.45, 7) is 3.05. The molecule has 0 aliphatic rings. The Morgan fingerprint density at radius 2 is 2.20 bits per heavy atom. The molecule has 0 heterocycles. The molecule has 1 aromatic carbocycles. The summed E-state index contributed by atoms with van der Waals surface area (Å²) in [5.41, 5.74) is 0.989. The quantitative estimate of drug-likeness (QED) is 0.571. The first kappa shape index (κ1) is 17.2. The van der Waals surface area contributed by atoms with Gasteiger partial charge in [0.15, 0.2) is 0 Å². The Balaban J connectivity index is 2.22. The van der Waals surface area contributed by atoms with Gasteiger partial charge in [0, 0.05) is 16.6 Å². The van der Waals surface area contributed by atoms with Gasteiger partial charge in [0.1, 0.15) is 0 Å². The van der Waals surface area contributed by atoms with Crippen molar-refractivity contribution in [2.45, 2.75) is 25.9 Å². The fourth-order valence-electron chi connectivity index (χ4n) is 1.70. The molecule has 6 heteroatoms. The maximum absolute atomic E-state index is 11.1. The zero-order valence-corrected chi connectivity index (χ0v) is 12.9. The average Bonchev–Trinajstić information content (AvgIpc) is 2.36. The first-order valence-corrected chi connectivity index (χ1v) is 7.26. The highest BCUT2D eigenvalue weighted by Gasteiger charge is 2.11. The molecule has 0 radical (unpaired) electrons. The summed E-state index contributed by atoms with van der Waals surface area (Å²) in [4.78, 5) is 11.1. The van der Waals surface area contributed by atoms with Crippen molar-refractivity contribution in [3.05, 3.63) is 33.8 Å². The van der Waals surface area contributed by atoms with Crippen LogP contribution in [0.25, 0.3) is 0 Å². The number of esters is 1. The van der Waals surface area contributed by atoms with E-state index in [0.717, 1.165) is 12.0 Å². The van der Waals surface area contributed by atoms with Crippen LogP contribution in [0.4, 0.5) is 0 Å². The Labute approximate surface area is 129 Å². The molecule has 4 nitrogen and oxygen atoms in total. The van der Waals surface area contributed by atoms with Crippen LogP contribution >= 0.6 is 23.2 Å². The first-order chi connectivity index (χ1) is 9.52. The van der Waals surface area contributed by atoms with Gasteiger partial charge in [0.25, 0.3) is 0 Å². The van der Waals surface area contributed by atoms with Crippen LogP contribution in [-0.4, -0.2) is 36.9 Å². The van der Waals surface area contributed by atoms with E-state index in [1.165, 1.54) is 0 Å². The van der Waals surface area contributed by atoms with Crippen LogP contribution < -0.4 is 5.32 Å². The molecule has 0 amide bonds. The normalized spacial score (nSPS) is 12.2. The summed E-state index contributed by atoms with van der Waals surface area (Å²) in [6, 6.07) is 5.37. The van der Waals surface area contributed by atoms with Crippen molar-refractivity contribution in [3.8, 4) is 0 Å². The smallest absolute Gasteiger partial charge is 0.308 e. The Morgan fingerprint density at radius 1 is 1.45 bits per heavy atom. The van der Waals surface area contributed by atoms with E-state index in [2.05, 4.69) is 5.32 Å². The van der Waals surface area contributed by atoms with E-state index in [1.54, 1.807) is 19.1 Å². The van der Waals surface area contributed by atoms with E-state index in [-0.39, 0.29) is 12.4 Å². The zero-order valence-electron chi connectivity index (χ0n) is 11.4. The highest BCUT2D eigenvalue weighted by molar-refractivity contribution is 6.35. The molecule has 0 aromatic heterocycles. The summed E-state index contributed by atoms with van der Waals surface area (Å²) in [5.74, 6) is -0.387. The topological polar surface area (TPSA) is 58.6 Å². The molecule has 1 atom stereocenters. The largest absolute Gasteiger partial charge is 0.466 e. The lowest BCUT2D eigenvalue weighted by molar-refractivity contribution is -0.145. The lowest BCUT2D eigenvalue weighted by Gasteiger charge is -2.11. The van der Waals surface area contributed by atoms with Crippen molar-refractivity contribution < 1.29 is 14.6 Å². The third-order valence-corrected chi connectivity index (χ3v) is 3.26. The molecule has 20 heavy (non-hydrogen) atoms. The van der Waals surface area contributed by atoms with Gasteiger partial charge in [-0.1, -0.05) is 29.3 Å². The molecule has 2 N–H and O–H groups in total. The molecule has 1 aromatic rings. The summed E-state index contributed by atoms with van der Waals surface area (Å²) in [6.07, 6.45) is -0.0141. The number of aliphatic hydroxyl groups excluding tert-OH is 1. The number of ether oxygens (including phenoxy) is 1. The molecule has 0 aliphatic carbocycles. The fourth-order valence-corrected chi connectivity index (χ4v) is 2.20. The van der Waals surface area contributed by atoms with Crippen LogP contribution in [0, 0.1) is 0 Å². The number of rotatable bonds is 8. The van der Waals surface area contributed by atoms with Crippen LogP contribution in [0.2, 0.25) is 10.0 Å². The van der Waals surface area contributed by atoms with Crippen molar-refractivity contribution in [1.29, 1.82) is 0 Å². The van der Waals surface area contributed by atoms with Crippen LogP contribution in [0.15, 0.2) is 18.2 Å². The van der Waals surface area contributed by atoms with E-state index >= 15 is 0 Å². The molecule has 0 spiro atoms. The highest BCUT2D eigenvalue weighted by Crippen LogP contribution is 2.20. The Kier molecular flexibility index (Phi) is 7.92. The van der Waals surface area contributed by atoms with Crippen molar-refractivity contribution in [2.24, 2.45) is 0 Å². The van der Waals surface area contributed by atoms with Crippen molar-refractivity contribution >= 4 is 29.2 Å². The van der Waals surface area contributed by atoms with Gasteiger partial charge in [0.2, 0.25) is 0 Å². The molecular formula is C14H19Cl2NO3. The second-order valence-electron chi connectivity index (χ2n) is 4.35. The lowest BCUT2D eigenvalue weighted by Crippen LogP contribution is -2.30. The SMILES string of the molecule is CCOC(=O)CC(O)CNCCc1ccc(Cl)cc1Cl. The number of carbonyl (C=O) groups excluding carboxylic acids is 1. The molecule has 0 bridgehead atoms. The number of carbonyl (C=O) groups is 1. The third-order valence-electron chi connectivity index (χ3n) is 2.67. The van der Waals surface area contributed by atoms with Crippen molar-refractivity contribution in [2.75, 3.05) is 19.7 Å². The van der Waals surface area contributed by atoms with Crippen LogP contribution in [0.5, 0.6) is 0 Å². The molecule has 112 valence electrons. The Morgan fingerprint density at radius 3 is 2.85 bits per heavy atom.